The van der Waals surface area contributed by atoms with Gasteiger partial charge in [0.15, 0.2) is 0 Å². The first-order chi connectivity index (χ1) is 13.5. The number of benzene rings is 1. The van der Waals surface area contributed by atoms with Crippen molar-refractivity contribution in [2.24, 2.45) is 0 Å². The number of thiophene rings is 1. The summed E-state index contributed by atoms with van der Waals surface area (Å²) in [5.74, 6) is 0.967. The molecule has 1 N–H and O–H groups in total. The molecule has 0 unspecified atom stereocenters. The Labute approximate surface area is 172 Å². The summed E-state index contributed by atoms with van der Waals surface area (Å²) < 4.78 is 1.15. The van der Waals surface area contributed by atoms with Crippen LogP contribution in [0.5, 0.6) is 0 Å². The van der Waals surface area contributed by atoms with E-state index < -0.39 is 0 Å². The summed E-state index contributed by atoms with van der Waals surface area (Å²) in [7, 11) is 0. The SMILES string of the molecule is CC(C)(C)c1ccc(-c2csc3c(NCCCN4CCCC4)ncnc23)cc1. The van der Waals surface area contributed by atoms with Crippen molar-refractivity contribution in [2.75, 3.05) is 31.5 Å². The summed E-state index contributed by atoms with van der Waals surface area (Å²) in [4.78, 5) is 11.7. The van der Waals surface area contributed by atoms with E-state index in [1.54, 1.807) is 17.7 Å². The Balaban J connectivity index is 1.48. The lowest BCUT2D eigenvalue weighted by Crippen LogP contribution is -2.22. The lowest BCUT2D eigenvalue weighted by molar-refractivity contribution is 0.337. The van der Waals surface area contributed by atoms with E-state index in [4.69, 9.17) is 0 Å². The largest absolute Gasteiger partial charge is 0.369 e. The van der Waals surface area contributed by atoms with E-state index in [-0.39, 0.29) is 5.41 Å². The van der Waals surface area contributed by atoms with Gasteiger partial charge >= 0.3 is 0 Å². The molecule has 148 valence electrons. The molecular weight excluding hydrogens is 364 g/mol. The van der Waals surface area contributed by atoms with E-state index in [0.29, 0.717) is 0 Å². The minimum atomic E-state index is 0.170. The highest BCUT2D eigenvalue weighted by molar-refractivity contribution is 7.18. The minimum Gasteiger partial charge on any atom is -0.369 e. The van der Waals surface area contributed by atoms with Gasteiger partial charge in [0.25, 0.3) is 0 Å². The molecule has 4 nitrogen and oxygen atoms in total. The minimum absolute atomic E-state index is 0.170. The number of fused-ring (bicyclic) bond motifs is 1. The molecule has 0 aliphatic carbocycles. The average molecular weight is 395 g/mol. The summed E-state index contributed by atoms with van der Waals surface area (Å²) >= 11 is 1.73. The molecule has 3 heterocycles. The van der Waals surface area contributed by atoms with E-state index in [2.05, 4.69) is 70.6 Å². The predicted octanol–water partition coefficient (Wildman–Crippen LogP) is 5.55. The Bertz CT molecular complexity index is 918. The highest BCUT2D eigenvalue weighted by atomic mass is 32.1. The van der Waals surface area contributed by atoms with Gasteiger partial charge in [0.1, 0.15) is 12.1 Å². The van der Waals surface area contributed by atoms with Crippen molar-refractivity contribution in [3.8, 4) is 11.1 Å². The van der Waals surface area contributed by atoms with Crippen LogP contribution in [0.3, 0.4) is 0 Å². The summed E-state index contributed by atoms with van der Waals surface area (Å²) in [5, 5.41) is 5.75. The smallest absolute Gasteiger partial charge is 0.147 e. The van der Waals surface area contributed by atoms with Crippen LogP contribution in [-0.4, -0.2) is 41.0 Å². The molecule has 3 aromatic rings. The van der Waals surface area contributed by atoms with Crippen molar-refractivity contribution >= 4 is 27.4 Å². The van der Waals surface area contributed by atoms with Crippen molar-refractivity contribution in [1.82, 2.24) is 14.9 Å². The number of aromatic nitrogens is 2. The first-order valence-electron chi connectivity index (χ1n) is 10.3. The number of anilines is 1. The van der Waals surface area contributed by atoms with E-state index in [9.17, 15) is 0 Å². The fourth-order valence-corrected chi connectivity index (χ4v) is 4.84. The van der Waals surface area contributed by atoms with E-state index in [1.807, 2.05) is 0 Å². The summed E-state index contributed by atoms with van der Waals surface area (Å²) in [6.45, 7) is 11.4. The van der Waals surface area contributed by atoms with Crippen molar-refractivity contribution in [3.63, 3.8) is 0 Å². The molecule has 1 aliphatic rings. The predicted molar refractivity (Wildman–Crippen MR) is 120 cm³/mol. The molecule has 1 aliphatic heterocycles. The van der Waals surface area contributed by atoms with Crippen LogP contribution in [0.2, 0.25) is 0 Å². The quantitative estimate of drug-likeness (QED) is 0.556. The van der Waals surface area contributed by atoms with Gasteiger partial charge in [0.05, 0.1) is 10.2 Å². The molecular formula is C23H30N4S. The van der Waals surface area contributed by atoms with Gasteiger partial charge in [0.2, 0.25) is 0 Å². The maximum Gasteiger partial charge on any atom is 0.147 e. The monoisotopic (exact) mass is 394 g/mol. The van der Waals surface area contributed by atoms with E-state index in [0.717, 1.165) is 29.0 Å². The van der Waals surface area contributed by atoms with Gasteiger partial charge in [-0.05, 0) is 55.4 Å². The zero-order chi connectivity index (χ0) is 19.6. The third-order valence-electron chi connectivity index (χ3n) is 5.56. The number of hydrogen-bond donors (Lipinski definition) is 1. The van der Waals surface area contributed by atoms with Gasteiger partial charge in [-0.15, -0.1) is 11.3 Å². The Kier molecular flexibility index (Phi) is 5.65. The van der Waals surface area contributed by atoms with Crippen LogP contribution in [0, 0.1) is 0 Å². The normalized spacial score (nSPS) is 15.4. The molecule has 0 atom stereocenters. The number of likely N-dealkylation sites (tertiary alicyclic amines) is 1. The lowest BCUT2D eigenvalue weighted by atomic mass is 9.86. The summed E-state index contributed by atoms with van der Waals surface area (Å²) in [6, 6.07) is 8.90. The maximum absolute atomic E-state index is 4.59. The standard InChI is InChI=1S/C23H30N4S/c1-23(2,3)18-9-7-17(8-10-18)19-15-28-21-20(19)25-16-26-22(21)24-11-6-14-27-12-4-5-13-27/h7-10,15-16H,4-6,11-14H2,1-3H3,(H,24,25,26). The molecule has 0 radical (unpaired) electrons. The molecule has 0 amide bonds. The van der Waals surface area contributed by atoms with Crippen molar-refractivity contribution < 1.29 is 0 Å². The van der Waals surface area contributed by atoms with Crippen molar-refractivity contribution in [1.29, 1.82) is 0 Å². The van der Waals surface area contributed by atoms with Gasteiger partial charge in [-0.25, -0.2) is 9.97 Å². The van der Waals surface area contributed by atoms with Crippen LogP contribution >= 0.6 is 11.3 Å². The third kappa shape index (κ3) is 4.20. The molecule has 0 spiro atoms. The number of rotatable bonds is 6. The van der Waals surface area contributed by atoms with E-state index >= 15 is 0 Å². The van der Waals surface area contributed by atoms with Crippen LogP contribution < -0.4 is 5.32 Å². The highest BCUT2D eigenvalue weighted by Gasteiger charge is 2.16. The van der Waals surface area contributed by atoms with Crippen LogP contribution in [0.25, 0.3) is 21.3 Å². The topological polar surface area (TPSA) is 41.0 Å². The van der Waals surface area contributed by atoms with Crippen LogP contribution in [0.1, 0.15) is 45.6 Å². The Morgan fingerprint density at radius 3 is 2.54 bits per heavy atom. The van der Waals surface area contributed by atoms with Crippen LogP contribution in [-0.2, 0) is 5.41 Å². The summed E-state index contributed by atoms with van der Waals surface area (Å²) in [6.07, 6.45) is 5.55. The zero-order valence-electron chi connectivity index (χ0n) is 17.2. The molecule has 0 bridgehead atoms. The summed E-state index contributed by atoms with van der Waals surface area (Å²) in [5.41, 5.74) is 4.99. The molecule has 1 saturated heterocycles. The molecule has 4 rings (SSSR count). The van der Waals surface area contributed by atoms with Gasteiger partial charge in [-0.1, -0.05) is 45.0 Å². The van der Waals surface area contributed by atoms with Gasteiger partial charge in [0, 0.05) is 17.5 Å². The molecule has 2 aromatic heterocycles. The second-order valence-electron chi connectivity index (χ2n) is 8.71. The Hall–Kier alpha value is -1.98. The molecule has 28 heavy (non-hydrogen) atoms. The fourth-order valence-electron chi connectivity index (χ4n) is 3.85. The Morgan fingerprint density at radius 2 is 1.82 bits per heavy atom. The second kappa shape index (κ2) is 8.18. The first kappa shape index (κ1) is 19.3. The van der Waals surface area contributed by atoms with Crippen LogP contribution in [0.4, 0.5) is 5.82 Å². The van der Waals surface area contributed by atoms with Gasteiger partial charge in [-0.3, -0.25) is 0 Å². The maximum atomic E-state index is 4.59. The molecule has 5 heteroatoms. The second-order valence-corrected chi connectivity index (χ2v) is 9.59. The lowest BCUT2D eigenvalue weighted by Gasteiger charge is -2.19. The molecule has 0 saturated carbocycles. The number of nitrogens with one attached hydrogen (secondary N) is 1. The molecule has 1 aromatic carbocycles. The van der Waals surface area contributed by atoms with Crippen molar-refractivity contribution in [2.45, 2.75) is 45.4 Å². The first-order valence-corrected chi connectivity index (χ1v) is 11.2. The highest BCUT2D eigenvalue weighted by Crippen LogP contribution is 2.36. The van der Waals surface area contributed by atoms with Gasteiger partial charge in [-0.2, -0.15) is 0 Å². The van der Waals surface area contributed by atoms with Crippen molar-refractivity contribution in [3.05, 3.63) is 41.5 Å². The van der Waals surface area contributed by atoms with Crippen LogP contribution in [0.15, 0.2) is 36.0 Å². The average Bonchev–Trinajstić information content (AvgIpc) is 3.35. The fraction of sp³-hybridized carbons (Fsp3) is 0.478. The zero-order valence-corrected chi connectivity index (χ0v) is 18.0. The third-order valence-corrected chi connectivity index (χ3v) is 6.53. The Morgan fingerprint density at radius 1 is 1.07 bits per heavy atom. The van der Waals surface area contributed by atoms with Gasteiger partial charge < -0.3 is 10.2 Å². The van der Waals surface area contributed by atoms with E-state index in [1.165, 1.54) is 49.2 Å². The number of hydrogen-bond acceptors (Lipinski definition) is 5. The number of nitrogens with zero attached hydrogens (tertiary/aromatic N) is 3. The molecule has 1 fully saturated rings.